The Kier molecular flexibility index (Phi) is 4.14. The third kappa shape index (κ3) is 3.52. The molecule has 0 saturated heterocycles. The summed E-state index contributed by atoms with van der Waals surface area (Å²) in [6.07, 6.45) is 6.82. The first-order valence-electron chi connectivity index (χ1n) is 7.71. The van der Waals surface area contributed by atoms with E-state index in [9.17, 15) is 0 Å². The molecule has 2 saturated carbocycles. The zero-order valence-corrected chi connectivity index (χ0v) is 12.5. The van der Waals surface area contributed by atoms with Gasteiger partial charge >= 0.3 is 0 Å². The van der Waals surface area contributed by atoms with Gasteiger partial charge in [0.2, 0.25) is 0 Å². The lowest BCUT2D eigenvalue weighted by atomic mass is 9.71. The molecule has 0 bridgehead atoms. The molecule has 0 spiro atoms. The van der Waals surface area contributed by atoms with Crippen molar-refractivity contribution in [2.24, 2.45) is 11.8 Å². The Morgan fingerprint density at radius 2 is 2.05 bits per heavy atom. The average Bonchev–Trinajstić information content (AvgIpc) is 3.21. The number of halogens is 1. The molecule has 0 aromatic heterocycles. The highest BCUT2D eigenvalue weighted by molar-refractivity contribution is 6.30. The molecule has 2 fully saturated rings. The molecular formula is C17H24ClN. The minimum absolute atomic E-state index is 0.689. The summed E-state index contributed by atoms with van der Waals surface area (Å²) in [4.78, 5) is 0. The van der Waals surface area contributed by atoms with E-state index in [1.807, 2.05) is 6.07 Å². The van der Waals surface area contributed by atoms with Crippen LogP contribution in [0.25, 0.3) is 0 Å². The third-order valence-corrected chi connectivity index (χ3v) is 5.01. The monoisotopic (exact) mass is 277 g/mol. The lowest BCUT2D eigenvalue weighted by molar-refractivity contribution is 0.241. The van der Waals surface area contributed by atoms with Crippen molar-refractivity contribution in [3.63, 3.8) is 0 Å². The van der Waals surface area contributed by atoms with Crippen molar-refractivity contribution in [3.05, 3.63) is 34.9 Å². The molecule has 1 aromatic rings. The molecule has 3 atom stereocenters. The van der Waals surface area contributed by atoms with Gasteiger partial charge in [-0.3, -0.25) is 0 Å². The molecule has 2 aliphatic carbocycles. The minimum atomic E-state index is 0.689. The van der Waals surface area contributed by atoms with Gasteiger partial charge in [-0.15, -0.1) is 0 Å². The van der Waals surface area contributed by atoms with Crippen LogP contribution < -0.4 is 5.32 Å². The van der Waals surface area contributed by atoms with Crippen LogP contribution in [0.1, 0.15) is 50.5 Å². The SMILES string of the molecule is CC1CCC(CNC2CC2)C(c2cccc(Cl)c2)C1. The molecule has 3 unspecified atom stereocenters. The molecule has 104 valence electrons. The molecule has 2 heteroatoms. The maximum atomic E-state index is 6.17. The lowest BCUT2D eigenvalue weighted by Crippen LogP contribution is -2.32. The van der Waals surface area contributed by atoms with Gasteiger partial charge < -0.3 is 5.32 Å². The molecule has 1 N–H and O–H groups in total. The Bertz CT molecular complexity index is 427. The summed E-state index contributed by atoms with van der Waals surface area (Å²) in [5.41, 5.74) is 1.45. The highest BCUT2D eigenvalue weighted by Crippen LogP contribution is 2.41. The van der Waals surface area contributed by atoms with Crippen molar-refractivity contribution in [1.29, 1.82) is 0 Å². The van der Waals surface area contributed by atoms with Crippen molar-refractivity contribution in [2.75, 3.05) is 6.54 Å². The van der Waals surface area contributed by atoms with Gasteiger partial charge in [0.1, 0.15) is 0 Å². The molecule has 0 aliphatic heterocycles. The number of hydrogen-bond acceptors (Lipinski definition) is 1. The van der Waals surface area contributed by atoms with Crippen molar-refractivity contribution in [2.45, 2.75) is 51.0 Å². The second kappa shape index (κ2) is 5.85. The molecule has 3 rings (SSSR count). The van der Waals surface area contributed by atoms with Crippen LogP contribution in [0.5, 0.6) is 0 Å². The summed E-state index contributed by atoms with van der Waals surface area (Å²) in [7, 11) is 0. The van der Waals surface area contributed by atoms with E-state index in [-0.39, 0.29) is 0 Å². The van der Waals surface area contributed by atoms with Gasteiger partial charge in [0.15, 0.2) is 0 Å². The van der Waals surface area contributed by atoms with Crippen LogP contribution in [0, 0.1) is 11.8 Å². The van der Waals surface area contributed by atoms with Crippen LogP contribution in [0.2, 0.25) is 5.02 Å². The first kappa shape index (κ1) is 13.5. The zero-order valence-electron chi connectivity index (χ0n) is 11.7. The van der Waals surface area contributed by atoms with Gasteiger partial charge in [-0.25, -0.2) is 0 Å². The van der Waals surface area contributed by atoms with E-state index in [1.54, 1.807) is 0 Å². The van der Waals surface area contributed by atoms with Gasteiger partial charge in [-0.05, 0) is 67.7 Å². The smallest absolute Gasteiger partial charge is 0.0408 e. The second-order valence-electron chi connectivity index (χ2n) is 6.52. The molecule has 0 radical (unpaired) electrons. The third-order valence-electron chi connectivity index (χ3n) is 4.78. The van der Waals surface area contributed by atoms with E-state index in [0.717, 1.165) is 22.9 Å². The van der Waals surface area contributed by atoms with Gasteiger partial charge in [0, 0.05) is 11.1 Å². The lowest BCUT2D eigenvalue weighted by Gasteiger charge is -2.35. The number of hydrogen-bond donors (Lipinski definition) is 1. The normalized spacial score (nSPS) is 31.4. The number of benzene rings is 1. The van der Waals surface area contributed by atoms with Gasteiger partial charge in [-0.2, -0.15) is 0 Å². The molecule has 1 aromatic carbocycles. The largest absolute Gasteiger partial charge is 0.314 e. The standard InChI is InChI=1S/C17H24ClN/c1-12-5-6-14(11-19-16-7-8-16)17(9-12)13-3-2-4-15(18)10-13/h2-4,10,12,14,16-17,19H,5-9,11H2,1H3. The Hall–Kier alpha value is -0.530. The highest BCUT2D eigenvalue weighted by Gasteiger charge is 2.31. The Balaban J connectivity index is 1.72. The summed E-state index contributed by atoms with van der Waals surface area (Å²) in [6.45, 7) is 3.58. The fraction of sp³-hybridized carbons (Fsp3) is 0.647. The molecule has 0 amide bonds. The average molecular weight is 278 g/mol. The highest BCUT2D eigenvalue weighted by atomic mass is 35.5. The van der Waals surface area contributed by atoms with Crippen LogP contribution in [0.4, 0.5) is 0 Å². The van der Waals surface area contributed by atoms with Crippen LogP contribution in [0.15, 0.2) is 24.3 Å². The van der Waals surface area contributed by atoms with Crippen LogP contribution in [0.3, 0.4) is 0 Å². The molecular weight excluding hydrogens is 254 g/mol. The predicted octanol–water partition coefficient (Wildman–Crippen LogP) is 4.61. The van der Waals surface area contributed by atoms with E-state index >= 15 is 0 Å². The quantitative estimate of drug-likeness (QED) is 0.847. The van der Waals surface area contributed by atoms with Gasteiger partial charge in [-0.1, -0.05) is 37.1 Å². The van der Waals surface area contributed by atoms with Crippen LogP contribution in [-0.2, 0) is 0 Å². The molecule has 2 aliphatic rings. The number of rotatable bonds is 4. The minimum Gasteiger partial charge on any atom is -0.314 e. The maximum absolute atomic E-state index is 6.17. The van der Waals surface area contributed by atoms with E-state index < -0.39 is 0 Å². The summed E-state index contributed by atoms with van der Waals surface area (Å²) in [6, 6.07) is 9.34. The van der Waals surface area contributed by atoms with Crippen molar-refractivity contribution in [1.82, 2.24) is 5.32 Å². The van der Waals surface area contributed by atoms with Crippen molar-refractivity contribution >= 4 is 11.6 Å². The molecule has 1 nitrogen and oxygen atoms in total. The van der Waals surface area contributed by atoms with E-state index in [4.69, 9.17) is 11.6 Å². The van der Waals surface area contributed by atoms with Crippen molar-refractivity contribution < 1.29 is 0 Å². The topological polar surface area (TPSA) is 12.0 Å². The predicted molar refractivity (Wildman–Crippen MR) is 81.7 cm³/mol. The summed E-state index contributed by atoms with van der Waals surface area (Å²) < 4.78 is 0. The Labute approximate surface area is 121 Å². The van der Waals surface area contributed by atoms with E-state index in [0.29, 0.717) is 5.92 Å². The summed E-state index contributed by atoms with van der Waals surface area (Å²) in [5.74, 6) is 2.32. The summed E-state index contributed by atoms with van der Waals surface area (Å²) in [5, 5.41) is 4.60. The Morgan fingerprint density at radius 3 is 2.79 bits per heavy atom. The first-order chi connectivity index (χ1) is 9.22. The maximum Gasteiger partial charge on any atom is 0.0408 e. The van der Waals surface area contributed by atoms with Gasteiger partial charge in [0.05, 0.1) is 0 Å². The van der Waals surface area contributed by atoms with E-state index in [1.165, 1.54) is 44.2 Å². The fourth-order valence-electron chi connectivity index (χ4n) is 3.44. The first-order valence-corrected chi connectivity index (χ1v) is 8.09. The molecule has 19 heavy (non-hydrogen) atoms. The second-order valence-corrected chi connectivity index (χ2v) is 6.96. The number of nitrogens with one attached hydrogen (secondary N) is 1. The summed E-state index contributed by atoms with van der Waals surface area (Å²) >= 11 is 6.17. The van der Waals surface area contributed by atoms with Gasteiger partial charge in [0.25, 0.3) is 0 Å². The van der Waals surface area contributed by atoms with Crippen LogP contribution >= 0.6 is 11.6 Å². The van der Waals surface area contributed by atoms with Crippen molar-refractivity contribution in [3.8, 4) is 0 Å². The molecule has 0 heterocycles. The van der Waals surface area contributed by atoms with E-state index in [2.05, 4.69) is 30.4 Å². The zero-order chi connectivity index (χ0) is 13.2. The van der Waals surface area contributed by atoms with Crippen LogP contribution in [-0.4, -0.2) is 12.6 Å². The fourth-order valence-corrected chi connectivity index (χ4v) is 3.64. The Morgan fingerprint density at radius 1 is 1.21 bits per heavy atom.